The molecule has 6 nitrogen and oxygen atoms in total. The molecule has 2 rings (SSSR count). The first-order valence-electron chi connectivity index (χ1n) is 7.03. The number of nitrogens with two attached hydrogens (primary N) is 1. The highest BCUT2D eigenvalue weighted by atomic mass is 32.2. The summed E-state index contributed by atoms with van der Waals surface area (Å²) in [4.78, 5) is 11.3. The maximum atomic E-state index is 12.4. The van der Waals surface area contributed by atoms with E-state index >= 15 is 0 Å². The van der Waals surface area contributed by atoms with Gasteiger partial charge >= 0.3 is 0 Å². The zero-order chi connectivity index (χ0) is 16.7. The number of amides is 1. The molecule has 0 unspecified atom stereocenters. The number of benzene rings is 1. The standard InChI is InChI=1S/C14H21N3O3SSi/c1-10-7-11(14(15)18)8-12-9-17(16-13(10)12)21(19,20)5-6-22(2,3)4/h7-9H,5-6H2,1-4H3,(H2,15,18). The van der Waals surface area contributed by atoms with Gasteiger partial charge in [-0.1, -0.05) is 19.6 Å². The Hall–Kier alpha value is -1.67. The molecule has 1 aromatic carbocycles. The average Bonchev–Trinajstić information content (AvgIpc) is 2.81. The van der Waals surface area contributed by atoms with Crippen LogP contribution in [-0.4, -0.2) is 37.3 Å². The lowest BCUT2D eigenvalue weighted by atomic mass is 10.1. The van der Waals surface area contributed by atoms with E-state index in [1.54, 1.807) is 19.1 Å². The van der Waals surface area contributed by atoms with Crippen LogP contribution in [0.4, 0.5) is 0 Å². The van der Waals surface area contributed by atoms with E-state index in [4.69, 9.17) is 5.73 Å². The minimum Gasteiger partial charge on any atom is -0.366 e. The van der Waals surface area contributed by atoms with Crippen molar-refractivity contribution >= 4 is 34.9 Å². The van der Waals surface area contributed by atoms with E-state index in [0.717, 1.165) is 9.65 Å². The molecule has 0 aliphatic heterocycles. The fourth-order valence-electron chi connectivity index (χ4n) is 2.10. The quantitative estimate of drug-likeness (QED) is 0.842. The molecule has 0 bridgehead atoms. The van der Waals surface area contributed by atoms with Crippen molar-refractivity contribution in [3.05, 3.63) is 29.5 Å². The molecule has 0 spiro atoms. The van der Waals surface area contributed by atoms with Crippen LogP contribution in [-0.2, 0) is 10.0 Å². The molecule has 0 saturated carbocycles. The van der Waals surface area contributed by atoms with E-state index in [2.05, 4.69) is 24.7 Å². The number of rotatable bonds is 5. The number of carbonyl (C=O) groups excluding carboxylic acids is 1. The summed E-state index contributed by atoms with van der Waals surface area (Å²) in [7, 11) is -4.94. The van der Waals surface area contributed by atoms with E-state index in [0.29, 0.717) is 22.5 Å². The predicted octanol–water partition coefficient (Wildman–Crippen LogP) is 1.96. The van der Waals surface area contributed by atoms with Crippen LogP contribution >= 0.6 is 0 Å². The lowest BCUT2D eigenvalue weighted by Crippen LogP contribution is -2.26. The van der Waals surface area contributed by atoms with Crippen LogP contribution in [0.3, 0.4) is 0 Å². The Bertz CT molecular complexity index is 835. The number of primary amides is 1. The van der Waals surface area contributed by atoms with Crippen molar-refractivity contribution in [3.63, 3.8) is 0 Å². The Labute approximate surface area is 131 Å². The summed E-state index contributed by atoms with van der Waals surface area (Å²) in [6.45, 7) is 8.17. The van der Waals surface area contributed by atoms with E-state index in [-0.39, 0.29) is 5.75 Å². The minimum absolute atomic E-state index is 0.0818. The van der Waals surface area contributed by atoms with Crippen LogP contribution in [0.1, 0.15) is 15.9 Å². The third-order valence-electron chi connectivity index (χ3n) is 3.46. The minimum atomic E-state index is -3.48. The van der Waals surface area contributed by atoms with E-state index in [9.17, 15) is 13.2 Å². The number of hydrogen-bond donors (Lipinski definition) is 1. The van der Waals surface area contributed by atoms with Crippen molar-refractivity contribution in [1.82, 2.24) is 9.19 Å². The predicted molar refractivity (Wildman–Crippen MR) is 90.3 cm³/mol. The van der Waals surface area contributed by atoms with Crippen LogP contribution in [0, 0.1) is 6.92 Å². The molecule has 1 amide bonds. The third-order valence-corrected chi connectivity index (χ3v) is 7.05. The molecule has 120 valence electrons. The largest absolute Gasteiger partial charge is 0.366 e. The van der Waals surface area contributed by atoms with Gasteiger partial charge in [-0.3, -0.25) is 4.79 Å². The SMILES string of the molecule is Cc1cc(C(N)=O)cc2cn(S(=O)(=O)CC[Si](C)(C)C)nc12. The van der Waals surface area contributed by atoms with Gasteiger partial charge in [-0.15, -0.1) is 0 Å². The van der Waals surface area contributed by atoms with Crippen molar-refractivity contribution < 1.29 is 13.2 Å². The van der Waals surface area contributed by atoms with Crippen molar-refractivity contribution in [1.29, 1.82) is 0 Å². The Morgan fingerprint density at radius 2 is 1.95 bits per heavy atom. The highest BCUT2D eigenvalue weighted by Gasteiger charge is 2.22. The first kappa shape index (κ1) is 16.7. The number of nitrogens with zero attached hydrogens (tertiary/aromatic N) is 2. The highest BCUT2D eigenvalue weighted by molar-refractivity contribution is 7.89. The first-order valence-corrected chi connectivity index (χ1v) is 12.3. The van der Waals surface area contributed by atoms with E-state index in [1.165, 1.54) is 6.20 Å². The van der Waals surface area contributed by atoms with Crippen LogP contribution in [0.2, 0.25) is 25.7 Å². The molecule has 8 heteroatoms. The van der Waals surface area contributed by atoms with Gasteiger partial charge in [-0.05, 0) is 30.7 Å². The van der Waals surface area contributed by atoms with Gasteiger partial charge in [-0.25, -0.2) is 8.42 Å². The summed E-state index contributed by atoms with van der Waals surface area (Å²) in [5, 5.41) is 4.78. The van der Waals surface area contributed by atoms with Crippen LogP contribution < -0.4 is 5.73 Å². The van der Waals surface area contributed by atoms with E-state index in [1.807, 2.05) is 0 Å². The molecule has 0 saturated heterocycles. The summed E-state index contributed by atoms with van der Waals surface area (Å²) in [6, 6.07) is 3.87. The molecule has 0 aliphatic carbocycles. The van der Waals surface area contributed by atoms with Crippen molar-refractivity contribution in [2.75, 3.05) is 5.75 Å². The first-order chi connectivity index (χ1) is 9.99. The van der Waals surface area contributed by atoms with Gasteiger partial charge in [0.1, 0.15) is 0 Å². The Morgan fingerprint density at radius 3 is 2.50 bits per heavy atom. The summed E-state index contributed by atoms with van der Waals surface area (Å²) in [5.41, 5.74) is 6.93. The van der Waals surface area contributed by atoms with Crippen molar-refractivity contribution in [2.45, 2.75) is 32.6 Å². The summed E-state index contributed by atoms with van der Waals surface area (Å²) >= 11 is 0. The molecule has 2 N–H and O–H groups in total. The molecule has 1 aromatic heterocycles. The average molecular weight is 339 g/mol. The van der Waals surface area contributed by atoms with Gasteiger partial charge < -0.3 is 5.73 Å². The maximum Gasteiger partial charge on any atom is 0.253 e. The second-order valence-electron chi connectivity index (χ2n) is 6.72. The number of aryl methyl sites for hydroxylation is 1. The maximum absolute atomic E-state index is 12.4. The third kappa shape index (κ3) is 3.56. The second kappa shape index (κ2) is 5.51. The molecule has 22 heavy (non-hydrogen) atoms. The number of aromatic nitrogens is 2. The van der Waals surface area contributed by atoms with Crippen molar-refractivity contribution in [3.8, 4) is 0 Å². The molecule has 0 fully saturated rings. The van der Waals surface area contributed by atoms with Gasteiger partial charge in [0.25, 0.3) is 10.0 Å². The summed E-state index contributed by atoms with van der Waals surface area (Å²) in [6.07, 6.45) is 1.45. The Kier molecular flexibility index (Phi) is 4.18. The smallest absolute Gasteiger partial charge is 0.253 e. The molecular formula is C14H21N3O3SSi. The monoisotopic (exact) mass is 339 g/mol. The van der Waals surface area contributed by atoms with Gasteiger partial charge in [0, 0.05) is 19.0 Å². The Balaban J connectivity index is 2.45. The van der Waals surface area contributed by atoms with Crippen LogP contribution in [0.5, 0.6) is 0 Å². The van der Waals surface area contributed by atoms with Gasteiger partial charge in [0.05, 0.1) is 17.5 Å². The topological polar surface area (TPSA) is 95.0 Å². The fourth-order valence-corrected chi connectivity index (χ4v) is 6.25. The molecule has 0 aliphatic rings. The molecule has 0 atom stereocenters. The van der Waals surface area contributed by atoms with Gasteiger partial charge in [0.15, 0.2) is 0 Å². The van der Waals surface area contributed by atoms with Crippen molar-refractivity contribution in [2.24, 2.45) is 5.73 Å². The molecule has 2 aromatic rings. The number of carbonyl (C=O) groups is 1. The molecule has 1 heterocycles. The normalized spacial score (nSPS) is 12.7. The van der Waals surface area contributed by atoms with Crippen LogP contribution in [0.25, 0.3) is 10.9 Å². The van der Waals surface area contributed by atoms with Crippen LogP contribution in [0.15, 0.2) is 18.3 Å². The lowest BCUT2D eigenvalue weighted by Gasteiger charge is -2.15. The molecule has 0 radical (unpaired) electrons. The highest BCUT2D eigenvalue weighted by Crippen LogP contribution is 2.21. The van der Waals surface area contributed by atoms with Gasteiger partial charge in [0.2, 0.25) is 5.91 Å². The summed E-state index contributed by atoms with van der Waals surface area (Å²) in [5.74, 6) is -0.460. The lowest BCUT2D eigenvalue weighted by molar-refractivity contribution is 0.100. The molecular weight excluding hydrogens is 318 g/mol. The zero-order valence-electron chi connectivity index (χ0n) is 13.3. The number of hydrogen-bond acceptors (Lipinski definition) is 4. The Morgan fingerprint density at radius 1 is 1.32 bits per heavy atom. The fraction of sp³-hybridized carbons (Fsp3) is 0.429. The zero-order valence-corrected chi connectivity index (χ0v) is 15.1. The summed E-state index contributed by atoms with van der Waals surface area (Å²) < 4.78 is 25.8. The number of fused-ring (bicyclic) bond motifs is 1. The van der Waals surface area contributed by atoms with Gasteiger partial charge in [-0.2, -0.15) is 9.19 Å². The van der Waals surface area contributed by atoms with E-state index < -0.39 is 24.0 Å². The second-order valence-corrected chi connectivity index (χ2v) is 14.3.